The fraction of sp³-hybridized carbons (Fsp3) is 0.136. The average Bonchev–Trinajstić information content (AvgIpc) is 3.09. The van der Waals surface area contributed by atoms with E-state index < -0.39 is 0 Å². The summed E-state index contributed by atoms with van der Waals surface area (Å²) < 4.78 is 13.4. The van der Waals surface area contributed by atoms with Gasteiger partial charge in [-0.2, -0.15) is 0 Å². The number of halogens is 2. The number of rotatable bonds is 4. The van der Waals surface area contributed by atoms with Gasteiger partial charge in [0.2, 0.25) is 0 Å². The second-order valence-corrected chi connectivity index (χ2v) is 6.79. The first-order chi connectivity index (χ1) is 12.7. The first kappa shape index (κ1) is 16.8. The Morgan fingerprint density at radius 2 is 1.54 bits per heavy atom. The predicted molar refractivity (Wildman–Crippen MR) is 104 cm³/mol. The zero-order valence-corrected chi connectivity index (χ0v) is 14.9. The lowest BCUT2D eigenvalue weighted by molar-refractivity contribution is 0.310. The molecule has 0 amide bonds. The molecule has 0 radical (unpaired) electrons. The molecule has 130 valence electrons. The van der Waals surface area contributed by atoms with Crippen molar-refractivity contribution in [3.05, 3.63) is 106 Å². The molecule has 0 N–H and O–H groups in total. The van der Waals surface area contributed by atoms with Gasteiger partial charge in [-0.3, -0.25) is 4.99 Å². The molecule has 4 rings (SSSR count). The van der Waals surface area contributed by atoms with Crippen molar-refractivity contribution in [2.45, 2.75) is 18.6 Å². The largest absolute Gasteiger partial charge is 0.349 e. The zero-order chi connectivity index (χ0) is 17.9. The number of benzene rings is 3. The van der Waals surface area contributed by atoms with Crippen molar-refractivity contribution in [1.82, 2.24) is 4.90 Å². The van der Waals surface area contributed by atoms with E-state index >= 15 is 0 Å². The van der Waals surface area contributed by atoms with Gasteiger partial charge in [-0.15, -0.1) is 0 Å². The Morgan fingerprint density at radius 3 is 2.19 bits per heavy atom. The lowest BCUT2D eigenvalue weighted by Crippen LogP contribution is -2.25. The van der Waals surface area contributed by atoms with Gasteiger partial charge < -0.3 is 4.90 Å². The summed E-state index contributed by atoms with van der Waals surface area (Å²) in [6, 6.07) is 25.2. The lowest BCUT2D eigenvalue weighted by Gasteiger charge is -2.29. The van der Waals surface area contributed by atoms with Crippen molar-refractivity contribution in [3.63, 3.8) is 0 Å². The summed E-state index contributed by atoms with van der Waals surface area (Å²) >= 11 is 6.24. The molecule has 0 saturated heterocycles. The minimum Gasteiger partial charge on any atom is -0.349 e. The molecule has 0 aromatic heterocycles. The van der Waals surface area contributed by atoms with Gasteiger partial charge >= 0.3 is 0 Å². The van der Waals surface area contributed by atoms with Crippen molar-refractivity contribution < 1.29 is 4.39 Å². The summed E-state index contributed by atoms with van der Waals surface area (Å²) in [7, 11) is 0. The summed E-state index contributed by atoms with van der Waals surface area (Å²) in [6.07, 6.45) is 1.88. The van der Waals surface area contributed by atoms with Crippen LogP contribution in [0.4, 0.5) is 4.39 Å². The van der Waals surface area contributed by atoms with E-state index in [1.165, 1.54) is 23.3 Å². The molecule has 0 saturated carbocycles. The number of aliphatic imine (C=N–C) groups is 1. The van der Waals surface area contributed by atoms with E-state index in [2.05, 4.69) is 29.2 Å². The third kappa shape index (κ3) is 3.35. The highest BCUT2D eigenvalue weighted by molar-refractivity contribution is 6.31. The first-order valence-corrected chi connectivity index (χ1v) is 8.93. The van der Waals surface area contributed by atoms with Crippen LogP contribution in [0.3, 0.4) is 0 Å². The third-order valence-electron chi connectivity index (χ3n) is 4.68. The van der Waals surface area contributed by atoms with Gasteiger partial charge in [-0.05, 0) is 28.8 Å². The van der Waals surface area contributed by atoms with Crippen LogP contribution < -0.4 is 0 Å². The van der Waals surface area contributed by atoms with Crippen molar-refractivity contribution in [2.24, 2.45) is 4.99 Å². The van der Waals surface area contributed by atoms with Crippen molar-refractivity contribution >= 4 is 17.9 Å². The smallest absolute Gasteiger partial charge is 0.124 e. The Morgan fingerprint density at radius 1 is 0.885 bits per heavy atom. The van der Waals surface area contributed by atoms with E-state index in [4.69, 9.17) is 16.6 Å². The molecule has 1 aliphatic rings. The first-order valence-electron chi connectivity index (χ1n) is 8.55. The molecule has 1 aliphatic heterocycles. The van der Waals surface area contributed by atoms with Gasteiger partial charge in [0.1, 0.15) is 11.9 Å². The summed E-state index contributed by atoms with van der Waals surface area (Å²) in [5.41, 5.74) is 3.25. The van der Waals surface area contributed by atoms with Gasteiger partial charge in [-0.25, -0.2) is 4.39 Å². The fourth-order valence-electron chi connectivity index (χ4n) is 3.42. The van der Waals surface area contributed by atoms with Gasteiger partial charge in [-0.1, -0.05) is 78.3 Å². The van der Waals surface area contributed by atoms with Gasteiger partial charge in [0.05, 0.1) is 12.4 Å². The molecule has 0 bridgehead atoms. The molecule has 1 heterocycles. The average molecular weight is 365 g/mol. The highest BCUT2D eigenvalue weighted by Gasteiger charge is 2.33. The molecule has 2 atom stereocenters. The van der Waals surface area contributed by atoms with Crippen LogP contribution in [-0.4, -0.2) is 11.2 Å². The Hall–Kier alpha value is -2.65. The Labute approximate surface area is 157 Å². The van der Waals surface area contributed by atoms with E-state index in [0.717, 1.165) is 5.56 Å². The maximum atomic E-state index is 13.4. The number of nitrogens with zero attached hydrogens (tertiary/aromatic N) is 2. The minimum atomic E-state index is -0.324. The number of hydrogen-bond acceptors (Lipinski definition) is 2. The van der Waals surface area contributed by atoms with Crippen molar-refractivity contribution in [2.75, 3.05) is 0 Å². The lowest BCUT2D eigenvalue weighted by atomic mass is 9.93. The molecule has 0 spiro atoms. The Kier molecular flexibility index (Phi) is 4.72. The number of hydrogen-bond donors (Lipinski definition) is 0. The van der Waals surface area contributed by atoms with Crippen LogP contribution in [-0.2, 0) is 6.54 Å². The van der Waals surface area contributed by atoms with Crippen LogP contribution >= 0.6 is 11.6 Å². The standard InChI is InChI=1S/C22H18ClFN2/c23-20-13-19(24)12-11-18(20)14-26-15-25-21(16-7-3-1-4-8-16)22(26)17-9-5-2-6-10-17/h1-13,15,21-22H,14H2. The topological polar surface area (TPSA) is 15.6 Å². The maximum Gasteiger partial charge on any atom is 0.124 e. The molecule has 3 aromatic rings. The van der Waals surface area contributed by atoms with Crippen LogP contribution in [0.2, 0.25) is 5.02 Å². The van der Waals surface area contributed by atoms with E-state index in [1.54, 1.807) is 6.07 Å². The highest BCUT2D eigenvalue weighted by atomic mass is 35.5. The van der Waals surface area contributed by atoms with E-state index in [9.17, 15) is 4.39 Å². The summed E-state index contributed by atoms with van der Waals surface area (Å²) in [4.78, 5) is 6.95. The predicted octanol–water partition coefficient (Wildman–Crippen LogP) is 5.81. The molecule has 26 heavy (non-hydrogen) atoms. The van der Waals surface area contributed by atoms with Crippen LogP contribution in [0.5, 0.6) is 0 Å². The zero-order valence-electron chi connectivity index (χ0n) is 14.1. The Balaban J connectivity index is 1.68. The van der Waals surface area contributed by atoms with Gasteiger partial charge in [0.15, 0.2) is 0 Å². The van der Waals surface area contributed by atoms with Crippen LogP contribution in [0, 0.1) is 5.82 Å². The SMILES string of the molecule is Fc1ccc(CN2C=NC(c3ccccc3)C2c2ccccc2)c(Cl)c1. The quantitative estimate of drug-likeness (QED) is 0.570. The van der Waals surface area contributed by atoms with Gasteiger partial charge in [0, 0.05) is 11.6 Å². The van der Waals surface area contributed by atoms with Gasteiger partial charge in [0.25, 0.3) is 0 Å². The Bertz CT molecular complexity index is 912. The van der Waals surface area contributed by atoms with Crippen molar-refractivity contribution in [1.29, 1.82) is 0 Å². The molecular formula is C22H18ClFN2. The highest BCUT2D eigenvalue weighted by Crippen LogP contribution is 2.41. The molecule has 2 unspecified atom stereocenters. The fourth-order valence-corrected chi connectivity index (χ4v) is 3.65. The molecule has 0 aliphatic carbocycles. The van der Waals surface area contributed by atoms with Crippen LogP contribution in [0.25, 0.3) is 0 Å². The summed E-state index contributed by atoms with van der Waals surface area (Å²) in [5, 5.41) is 0.438. The summed E-state index contributed by atoms with van der Waals surface area (Å²) in [6.45, 7) is 0.575. The minimum absolute atomic E-state index is 0.0119. The maximum absolute atomic E-state index is 13.4. The third-order valence-corrected chi connectivity index (χ3v) is 5.03. The van der Waals surface area contributed by atoms with E-state index in [1.807, 2.05) is 42.7 Å². The molecule has 0 fully saturated rings. The summed E-state index contributed by atoms with van der Waals surface area (Å²) in [5.74, 6) is -0.324. The second-order valence-electron chi connectivity index (χ2n) is 6.38. The van der Waals surface area contributed by atoms with Crippen molar-refractivity contribution in [3.8, 4) is 0 Å². The van der Waals surface area contributed by atoms with E-state index in [0.29, 0.717) is 11.6 Å². The van der Waals surface area contributed by atoms with Crippen LogP contribution in [0.15, 0.2) is 83.9 Å². The monoisotopic (exact) mass is 364 g/mol. The molecule has 4 heteroatoms. The molecule has 2 nitrogen and oxygen atoms in total. The molecular weight excluding hydrogens is 347 g/mol. The normalized spacial score (nSPS) is 19.1. The van der Waals surface area contributed by atoms with Crippen LogP contribution in [0.1, 0.15) is 28.8 Å². The van der Waals surface area contributed by atoms with E-state index in [-0.39, 0.29) is 17.9 Å². The molecule has 3 aromatic carbocycles. The second kappa shape index (κ2) is 7.30.